The number of hydrazine groups is 1. The number of hydrogen-bond donors (Lipinski definition) is 2. The standard InChI is InChI=1S/C10H12N2O4S3.K/c1-19(14,15)8-4-2-7(3-5-8)16-6-9(13)11-12-10(17)18;/h2-5H,6H2,1H3,(H,11,13)(H2,12,17,18);/q;+1/p-1. The van der Waals surface area contributed by atoms with Crippen molar-refractivity contribution in [3.8, 4) is 5.75 Å². The first-order valence-corrected chi connectivity index (χ1v) is 7.68. The molecule has 20 heavy (non-hydrogen) atoms. The monoisotopic (exact) mass is 358 g/mol. The van der Waals surface area contributed by atoms with Crippen molar-refractivity contribution in [2.24, 2.45) is 0 Å². The molecule has 0 saturated heterocycles. The van der Waals surface area contributed by atoms with Gasteiger partial charge < -0.3 is 35.0 Å². The molecule has 0 bridgehead atoms. The van der Waals surface area contributed by atoms with Crippen LogP contribution in [-0.4, -0.2) is 31.5 Å². The molecule has 0 atom stereocenters. The molecule has 0 aromatic heterocycles. The smallest absolute Gasteiger partial charge is 0.484 e. The average Bonchev–Trinajstić information content (AvgIpc) is 2.33. The average molecular weight is 359 g/mol. The van der Waals surface area contributed by atoms with Crippen LogP contribution in [0.4, 0.5) is 0 Å². The van der Waals surface area contributed by atoms with Crippen LogP contribution in [-0.2, 0) is 27.3 Å². The van der Waals surface area contributed by atoms with Gasteiger partial charge in [0.2, 0.25) is 0 Å². The van der Waals surface area contributed by atoms with E-state index in [0.29, 0.717) is 5.75 Å². The predicted octanol–water partition coefficient (Wildman–Crippen LogP) is -3.07. The molecule has 1 rings (SSSR count). The van der Waals surface area contributed by atoms with Crippen LogP contribution in [0.2, 0.25) is 0 Å². The van der Waals surface area contributed by atoms with E-state index in [4.69, 9.17) is 4.74 Å². The molecule has 0 unspecified atom stereocenters. The molecular formula is C10H11KN2O4S3. The largest absolute Gasteiger partial charge is 1.00 e. The third-order valence-corrected chi connectivity index (χ3v) is 3.26. The summed E-state index contributed by atoms with van der Waals surface area (Å²) in [5, 5.41) is 0. The zero-order valence-corrected chi connectivity index (χ0v) is 16.4. The Morgan fingerprint density at radius 3 is 2.30 bits per heavy atom. The minimum absolute atomic E-state index is 0. The van der Waals surface area contributed by atoms with Crippen molar-refractivity contribution in [3.63, 3.8) is 0 Å². The summed E-state index contributed by atoms with van der Waals surface area (Å²) in [5.41, 5.74) is 4.53. The predicted molar refractivity (Wildman–Crippen MR) is 76.3 cm³/mol. The number of carbonyl (C=O) groups excluding carboxylic acids is 1. The first kappa shape index (κ1) is 20.2. The molecule has 0 aliphatic heterocycles. The number of sulfone groups is 1. The second-order valence-electron chi connectivity index (χ2n) is 3.49. The molecule has 10 heteroatoms. The van der Waals surface area contributed by atoms with Gasteiger partial charge in [-0.25, -0.2) is 8.42 Å². The van der Waals surface area contributed by atoms with E-state index < -0.39 is 15.7 Å². The Balaban J connectivity index is 0.00000361. The Bertz CT molecular complexity index is 575. The number of nitrogens with one attached hydrogen (secondary N) is 2. The van der Waals surface area contributed by atoms with Crippen molar-refractivity contribution in [1.82, 2.24) is 10.9 Å². The van der Waals surface area contributed by atoms with Gasteiger partial charge in [0.25, 0.3) is 5.91 Å². The minimum Gasteiger partial charge on any atom is -0.484 e. The van der Waals surface area contributed by atoms with Crippen molar-refractivity contribution < 1.29 is 69.3 Å². The quantitative estimate of drug-likeness (QED) is 0.256. The SMILES string of the molecule is CS(=O)(=O)c1ccc(OCC(=O)NNC(=S)[S-])cc1.[K+]. The summed E-state index contributed by atoms with van der Waals surface area (Å²) in [6, 6.07) is 5.74. The fourth-order valence-electron chi connectivity index (χ4n) is 1.09. The van der Waals surface area contributed by atoms with E-state index in [2.05, 4.69) is 35.7 Å². The molecule has 0 aliphatic rings. The Labute approximate surface area is 170 Å². The minimum atomic E-state index is -3.24. The molecule has 0 radical (unpaired) electrons. The van der Waals surface area contributed by atoms with E-state index >= 15 is 0 Å². The van der Waals surface area contributed by atoms with Crippen LogP contribution < -0.4 is 67.0 Å². The fraction of sp³-hybridized carbons (Fsp3) is 0.200. The number of hydrogen-bond acceptors (Lipinski definition) is 6. The van der Waals surface area contributed by atoms with E-state index in [1.54, 1.807) is 0 Å². The van der Waals surface area contributed by atoms with Crippen LogP contribution in [0, 0.1) is 0 Å². The number of rotatable bonds is 4. The van der Waals surface area contributed by atoms with Gasteiger partial charge in [-0.3, -0.25) is 10.2 Å². The molecule has 0 fully saturated rings. The summed E-state index contributed by atoms with van der Waals surface area (Å²) < 4.78 is 27.6. The normalized spacial score (nSPS) is 10.1. The van der Waals surface area contributed by atoms with Gasteiger partial charge in [-0.2, -0.15) is 0 Å². The van der Waals surface area contributed by atoms with Crippen LogP contribution in [0.1, 0.15) is 0 Å². The van der Waals surface area contributed by atoms with Gasteiger partial charge in [0.05, 0.1) is 4.90 Å². The molecule has 0 spiro atoms. The summed E-state index contributed by atoms with van der Waals surface area (Å²) in [5.74, 6) is -0.0807. The van der Waals surface area contributed by atoms with Gasteiger partial charge in [-0.15, -0.1) is 0 Å². The van der Waals surface area contributed by atoms with Crippen molar-refractivity contribution in [2.75, 3.05) is 12.9 Å². The molecule has 0 aliphatic carbocycles. The number of ether oxygens (including phenoxy) is 1. The summed E-state index contributed by atoms with van der Waals surface area (Å²) >= 11 is 9.06. The van der Waals surface area contributed by atoms with Gasteiger partial charge in [0, 0.05) is 6.26 Å². The molecule has 0 heterocycles. The van der Waals surface area contributed by atoms with Gasteiger partial charge in [-0.05, 0) is 28.6 Å². The van der Waals surface area contributed by atoms with Crippen LogP contribution in [0.5, 0.6) is 5.75 Å². The second kappa shape index (κ2) is 9.25. The zero-order valence-electron chi connectivity index (χ0n) is 10.9. The van der Waals surface area contributed by atoms with Crippen molar-refractivity contribution >= 4 is 44.9 Å². The molecule has 1 amide bonds. The Morgan fingerprint density at radius 2 is 1.85 bits per heavy atom. The van der Waals surface area contributed by atoms with Crippen molar-refractivity contribution in [2.45, 2.75) is 4.90 Å². The van der Waals surface area contributed by atoms with Gasteiger partial charge in [-0.1, -0.05) is 0 Å². The molecule has 6 nitrogen and oxygen atoms in total. The van der Waals surface area contributed by atoms with Gasteiger partial charge in [0.15, 0.2) is 16.4 Å². The first-order chi connectivity index (χ1) is 8.79. The number of amides is 1. The molecule has 104 valence electrons. The van der Waals surface area contributed by atoms with Crippen LogP contribution >= 0.6 is 12.2 Å². The maximum Gasteiger partial charge on any atom is 1.00 e. The molecule has 1 aromatic rings. The Kier molecular flexibility index (Phi) is 9.34. The van der Waals surface area contributed by atoms with E-state index in [9.17, 15) is 13.2 Å². The van der Waals surface area contributed by atoms with Gasteiger partial charge in [0.1, 0.15) is 5.75 Å². The number of thiocarbonyl (C=S) groups is 1. The third-order valence-electron chi connectivity index (χ3n) is 1.93. The Hall–Kier alpha value is 0.186. The first-order valence-electron chi connectivity index (χ1n) is 4.98. The van der Waals surface area contributed by atoms with E-state index in [0.717, 1.165) is 6.26 Å². The topological polar surface area (TPSA) is 84.5 Å². The molecule has 0 saturated carbocycles. The van der Waals surface area contributed by atoms with E-state index in [-0.39, 0.29) is 67.2 Å². The van der Waals surface area contributed by atoms with Crippen LogP contribution in [0.15, 0.2) is 29.2 Å². The summed E-state index contributed by atoms with van der Waals surface area (Å²) in [6.45, 7) is -0.247. The summed E-state index contributed by atoms with van der Waals surface area (Å²) in [4.78, 5) is 11.4. The molecule has 2 N–H and O–H groups in total. The fourth-order valence-corrected chi connectivity index (χ4v) is 1.82. The maximum absolute atomic E-state index is 11.2. The van der Waals surface area contributed by atoms with E-state index in [1.165, 1.54) is 24.3 Å². The van der Waals surface area contributed by atoms with Crippen molar-refractivity contribution in [1.29, 1.82) is 0 Å². The zero-order chi connectivity index (χ0) is 14.5. The van der Waals surface area contributed by atoms with Crippen molar-refractivity contribution in [3.05, 3.63) is 24.3 Å². The third kappa shape index (κ3) is 7.83. The summed E-state index contributed by atoms with van der Waals surface area (Å²) in [6.07, 6.45) is 1.11. The molecule has 1 aromatic carbocycles. The maximum atomic E-state index is 11.2. The van der Waals surface area contributed by atoms with E-state index in [1.807, 2.05) is 0 Å². The second-order valence-corrected chi connectivity index (χ2v) is 6.58. The van der Waals surface area contributed by atoms with Crippen LogP contribution in [0.25, 0.3) is 0 Å². The summed E-state index contributed by atoms with van der Waals surface area (Å²) in [7, 11) is -3.24. The number of carbonyl (C=O) groups is 1. The van der Waals surface area contributed by atoms with Crippen LogP contribution in [0.3, 0.4) is 0 Å². The van der Waals surface area contributed by atoms with Gasteiger partial charge >= 0.3 is 51.4 Å². The number of benzene rings is 1. The Morgan fingerprint density at radius 1 is 1.30 bits per heavy atom. The molecular weight excluding hydrogens is 347 g/mol.